The van der Waals surface area contributed by atoms with Crippen molar-refractivity contribution in [2.75, 3.05) is 17.2 Å². The molecular formula is C23H25N3O. The Labute approximate surface area is 160 Å². The minimum Gasteiger partial charge on any atom is -0.370 e. The van der Waals surface area contributed by atoms with Gasteiger partial charge in [-0.15, -0.1) is 0 Å². The first-order valence-electron chi connectivity index (χ1n) is 9.24. The van der Waals surface area contributed by atoms with E-state index in [1.165, 1.54) is 11.1 Å². The first kappa shape index (κ1) is 18.6. The van der Waals surface area contributed by atoms with Crippen LogP contribution < -0.4 is 10.6 Å². The van der Waals surface area contributed by atoms with Gasteiger partial charge in [0.25, 0.3) is 5.91 Å². The number of nitrogens with zero attached hydrogens (tertiary/aromatic N) is 1. The van der Waals surface area contributed by atoms with Gasteiger partial charge >= 0.3 is 0 Å². The lowest BCUT2D eigenvalue weighted by Crippen LogP contribution is -2.12. The second-order valence-corrected chi connectivity index (χ2v) is 6.70. The number of carbonyl (C=O) groups is 1. The third kappa shape index (κ3) is 5.42. The molecule has 4 heteroatoms. The van der Waals surface area contributed by atoms with Gasteiger partial charge < -0.3 is 10.6 Å². The van der Waals surface area contributed by atoms with E-state index in [2.05, 4.69) is 39.9 Å². The minimum absolute atomic E-state index is 0.122. The molecular weight excluding hydrogens is 334 g/mol. The summed E-state index contributed by atoms with van der Waals surface area (Å²) in [5, 5.41) is 6.21. The molecule has 3 rings (SSSR count). The van der Waals surface area contributed by atoms with Gasteiger partial charge in [0.05, 0.1) is 11.9 Å². The Morgan fingerprint density at radius 1 is 0.963 bits per heavy atom. The van der Waals surface area contributed by atoms with Crippen LogP contribution >= 0.6 is 0 Å². The minimum atomic E-state index is -0.122. The number of hydrogen-bond acceptors (Lipinski definition) is 3. The molecule has 2 aromatic carbocycles. The molecule has 0 saturated heterocycles. The third-order valence-electron chi connectivity index (χ3n) is 4.58. The molecule has 138 valence electrons. The lowest BCUT2D eigenvalue weighted by atomic mass is 10.1. The van der Waals surface area contributed by atoms with E-state index in [1.54, 1.807) is 6.20 Å². The van der Waals surface area contributed by atoms with Crippen molar-refractivity contribution in [3.05, 3.63) is 89.1 Å². The molecule has 1 aromatic heterocycles. The number of benzene rings is 2. The molecule has 0 aliphatic heterocycles. The molecule has 3 aromatic rings. The molecule has 0 spiro atoms. The Bertz CT molecular complexity index is 889. The molecule has 0 saturated carbocycles. The average Bonchev–Trinajstić information content (AvgIpc) is 2.69. The van der Waals surface area contributed by atoms with Crippen LogP contribution in [0.1, 0.15) is 33.5 Å². The van der Waals surface area contributed by atoms with Gasteiger partial charge in [-0.2, -0.15) is 0 Å². The van der Waals surface area contributed by atoms with Gasteiger partial charge in [0.15, 0.2) is 0 Å². The van der Waals surface area contributed by atoms with Crippen molar-refractivity contribution in [1.82, 2.24) is 4.98 Å². The van der Waals surface area contributed by atoms with Crippen molar-refractivity contribution in [3.8, 4) is 0 Å². The van der Waals surface area contributed by atoms with Gasteiger partial charge in [0.2, 0.25) is 0 Å². The van der Waals surface area contributed by atoms with E-state index in [-0.39, 0.29) is 5.91 Å². The second-order valence-electron chi connectivity index (χ2n) is 6.70. The van der Waals surface area contributed by atoms with Gasteiger partial charge in [-0.05, 0) is 67.6 Å². The molecule has 0 aliphatic carbocycles. The van der Waals surface area contributed by atoms with Crippen molar-refractivity contribution in [3.63, 3.8) is 0 Å². The predicted octanol–water partition coefficient (Wildman–Crippen LogP) is 5.00. The van der Waals surface area contributed by atoms with Crippen LogP contribution in [0, 0.1) is 13.8 Å². The van der Waals surface area contributed by atoms with Crippen molar-refractivity contribution >= 4 is 17.4 Å². The lowest BCUT2D eigenvalue weighted by molar-refractivity contribution is 0.102. The van der Waals surface area contributed by atoms with Crippen LogP contribution in [-0.4, -0.2) is 17.4 Å². The molecule has 1 amide bonds. The topological polar surface area (TPSA) is 54.0 Å². The summed E-state index contributed by atoms with van der Waals surface area (Å²) >= 11 is 0. The SMILES string of the molecule is Cc1ccc(C(=O)Nc2ccc(NCCCc3ccccc3)nc2)cc1C. The number of anilines is 2. The zero-order valence-corrected chi connectivity index (χ0v) is 15.8. The van der Waals surface area contributed by atoms with Crippen LogP contribution in [0.15, 0.2) is 66.9 Å². The van der Waals surface area contributed by atoms with Crippen LogP contribution in [-0.2, 0) is 6.42 Å². The highest BCUT2D eigenvalue weighted by Gasteiger charge is 2.07. The number of nitrogens with one attached hydrogen (secondary N) is 2. The Balaban J connectivity index is 1.48. The van der Waals surface area contributed by atoms with Gasteiger partial charge in [0, 0.05) is 12.1 Å². The summed E-state index contributed by atoms with van der Waals surface area (Å²) in [7, 11) is 0. The van der Waals surface area contributed by atoms with E-state index in [4.69, 9.17) is 0 Å². The van der Waals surface area contributed by atoms with Gasteiger partial charge in [-0.25, -0.2) is 4.98 Å². The molecule has 0 unspecified atom stereocenters. The normalized spacial score (nSPS) is 10.4. The van der Waals surface area contributed by atoms with Crippen molar-refractivity contribution in [2.45, 2.75) is 26.7 Å². The Morgan fingerprint density at radius 2 is 1.78 bits per heavy atom. The first-order chi connectivity index (χ1) is 13.1. The molecule has 0 radical (unpaired) electrons. The van der Waals surface area contributed by atoms with E-state index in [1.807, 2.05) is 50.2 Å². The molecule has 1 heterocycles. The van der Waals surface area contributed by atoms with E-state index >= 15 is 0 Å². The summed E-state index contributed by atoms with van der Waals surface area (Å²) < 4.78 is 0. The number of rotatable bonds is 7. The maximum absolute atomic E-state index is 12.4. The van der Waals surface area contributed by atoms with Gasteiger partial charge in [-0.1, -0.05) is 36.4 Å². The standard InChI is InChI=1S/C23H25N3O/c1-17-10-11-20(15-18(17)2)23(27)26-21-12-13-22(25-16-21)24-14-6-9-19-7-4-3-5-8-19/h3-5,7-8,10-13,15-16H,6,9,14H2,1-2H3,(H,24,25)(H,26,27). The molecule has 0 fully saturated rings. The van der Waals surface area contributed by atoms with Crippen LogP contribution in [0.3, 0.4) is 0 Å². The Kier molecular flexibility index (Phi) is 6.21. The monoisotopic (exact) mass is 359 g/mol. The van der Waals surface area contributed by atoms with Crippen LogP contribution in [0.4, 0.5) is 11.5 Å². The maximum Gasteiger partial charge on any atom is 0.255 e. The lowest BCUT2D eigenvalue weighted by Gasteiger charge is -2.09. The van der Waals surface area contributed by atoms with Crippen molar-refractivity contribution < 1.29 is 4.79 Å². The Hall–Kier alpha value is -3.14. The number of aryl methyl sites for hydroxylation is 3. The van der Waals surface area contributed by atoms with E-state index in [0.29, 0.717) is 11.3 Å². The van der Waals surface area contributed by atoms with Gasteiger partial charge in [-0.3, -0.25) is 4.79 Å². The number of carbonyl (C=O) groups excluding carboxylic acids is 1. The number of amides is 1. The maximum atomic E-state index is 12.4. The quantitative estimate of drug-likeness (QED) is 0.584. The summed E-state index contributed by atoms with van der Waals surface area (Å²) in [6, 6.07) is 19.9. The highest BCUT2D eigenvalue weighted by Crippen LogP contribution is 2.14. The highest BCUT2D eigenvalue weighted by atomic mass is 16.1. The van der Waals surface area contributed by atoms with Crippen LogP contribution in [0.2, 0.25) is 0 Å². The van der Waals surface area contributed by atoms with E-state index in [9.17, 15) is 4.79 Å². The van der Waals surface area contributed by atoms with Gasteiger partial charge in [0.1, 0.15) is 5.82 Å². The molecule has 2 N–H and O–H groups in total. The largest absolute Gasteiger partial charge is 0.370 e. The highest BCUT2D eigenvalue weighted by molar-refractivity contribution is 6.04. The molecule has 4 nitrogen and oxygen atoms in total. The first-order valence-corrected chi connectivity index (χ1v) is 9.24. The smallest absolute Gasteiger partial charge is 0.255 e. The zero-order chi connectivity index (χ0) is 19.1. The fourth-order valence-electron chi connectivity index (χ4n) is 2.81. The summed E-state index contributed by atoms with van der Waals surface area (Å²) in [4.78, 5) is 16.7. The van der Waals surface area contributed by atoms with E-state index < -0.39 is 0 Å². The van der Waals surface area contributed by atoms with Crippen molar-refractivity contribution in [2.24, 2.45) is 0 Å². The predicted molar refractivity (Wildman–Crippen MR) is 111 cm³/mol. The van der Waals surface area contributed by atoms with Crippen LogP contribution in [0.5, 0.6) is 0 Å². The van der Waals surface area contributed by atoms with Crippen molar-refractivity contribution in [1.29, 1.82) is 0 Å². The molecule has 27 heavy (non-hydrogen) atoms. The molecule has 0 aliphatic rings. The summed E-state index contributed by atoms with van der Waals surface area (Å²) in [5.41, 5.74) is 4.97. The second kappa shape index (κ2) is 8.99. The van der Waals surface area contributed by atoms with Crippen LogP contribution in [0.25, 0.3) is 0 Å². The fourth-order valence-corrected chi connectivity index (χ4v) is 2.81. The average molecular weight is 359 g/mol. The number of hydrogen-bond donors (Lipinski definition) is 2. The number of pyridine rings is 1. The molecule has 0 atom stereocenters. The fraction of sp³-hybridized carbons (Fsp3) is 0.217. The zero-order valence-electron chi connectivity index (χ0n) is 15.8. The third-order valence-corrected chi connectivity index (χ3v) is 4.58. The molecule has 0 bridgehead atoms. The summed E-state index contributed by atoms with van der Waals surface area (Å²) in [6.07, 6.45) is 3.76. The summed E-state index contributed by atoms with van der Waals surface area (Å²) in [6.45, 7) is 4.90. The van der Waals surface area contributed by atoms with E-state index in [0.717, 1.165) is 30.8 Å². The summed E-state index contributed by atoms with van der Waals surface area (Å²) in [5.74, 6) is 0.690. The number of aromatic nitrogens is 1. The Morgan fingerprint density at radius 3 is 2.48 bits per heavy atom.